The molecule has 0 atom stereocenters. The van der Waals surface area contributed by atoms with Crippen molar-refractivity contribution in [2.45, 2.75) is 13.8 Å². The summed E-state index contributed by atoms with van der Waals surface area (Å²) in [6.45, 7) is 3.90. The first-order valence-electron chi connectivity index (χ1n) is 6.04. The van der Waals surface area contributed by atoms with Gasteiger partial charge >= 0.3 is 5.97 Å². The van der Waals surface area contributed by atoms with E-state index in [2.05, 4.69) is 5.32 Å². The Labute approximate surface area is 112 Å². The van der Waals surface area contributed by atoms with E-state index in [1.807, 2.05) is 0 Å². The monoisotopic (exact) mass is 259 g/mol. The van der Waals surface area contributed by atoms with Crippen LogP contribution in [-0.2, 0) is 14.3 Å². The highest BCUT2D eigenvalue weighted by atomic mass is 16.5. The van der Waals surface area contributed by atoms with Crippen molar-refractivity contribution in [3.05, 3.63) is 48.1 Å². The Morgan fingerprint density at radius 1 is 1.21 bits per heavy atom. The predicted octanol–water partition coefficient (Wildman–Crippen LogP) is 2.78. The largest absolute Gasteiger partial charge is 0.463 e. The van der Waals surface area contributed by atoms with E-state index in [9.17, 15) is 9.59 Å². The topological polar surface area (TPSA) is 55.4 Å². The van der Waals surface area contributed by atoms with Crippen LogP contribution in [0.25, 0.3) is 6.08 Å². The number of esters is 1. The Morgan fingerprint density at radius 3 is 2.47 bits per heavy atom. The van der Waals surface area contributed by atoms with Gasteiger partial charge in [0.25, 0.3) is 0 Å². The molecule has 1 aromatic rings. The quantitative estimate of drug-likeness (QED) is 0.653. The molecule has 0 aliphatic carbocycles. The van der Waals surface area contributed by atoms with Crippen molar-refractivity contribution in [1.82, 2.24) is 0 Å². The average Bonchev–Trinajstić information content (AvgIpc) is 2.38. The van der Waals surface area contributed by atoms with Crippen LogP contribution in [0.2, 0.25) is 0 Å². The molecule has 0 heterocycles. The summed E-state index contributed by atoms with van der Waals surface area (Å²) in [6.07, 6.45) is 6.16. The van der Waals surface area contributed by atoms with E-state index in [0.717, 1.165) is 5.56 Å². The maximum Gasteiger partial charge on any atom is 0.330 e. The second-order valence-electron chi connectivity index (χ2n) is 3.70. The molecule has 0 radical (unpaired) electrons. The fraction of sp³-hybridized carbons (Fsp3) is 0.200. The Balaban J connectivity index is 2.61. The van der Waals surface area contributed by atoms with Crippen LogP contribution in [0.5, 0.6) is 0 Å². The summed E-state index contributed by atoms with van der Waals surface area (Å²) in [5, 5.41) is 2.71. The molecule has 0 aromatic heterocycles. The number of amides is 1. The molecule has 0 saturated carbocycles. The highest BCUT2D eigenvalue weighted by Crippen LogP contribution is 2.11. The predicted molar refractivity (Wildman–Crippen MR) is 75.6 cm³/mol. The first-order valence-corrected chi connectivity index (χ1v) is 6.04. The van der Waals surface area contributed by atoms with Gasteiger partial charge in [0.15, 0.2) is 0 Å². The van der Waals surface area contributed by atoms with E-state index in [1.165, 1.54) is 12.2 Å². The standard InChI is InChI=1S/C15H17NO3/c1-3-5-14(17)16-13-9-6-12(7-10-13)8-11-15(18)19-4-2/h3,5-11H,4H2,1-2H3,(H,16,17). The average molecular weight is 259 g/mol. The molecule has 0 spiro atoms. The van der Waals surface area contributed by atoms with Gasteiger partial charge in [0.05, 0.1) is 6.61 Å². The lowest BCUT2D eigenvalue weighted by Gasteiger charge is -2.02. The third kappa shape index (κ3) is 5.68. The number of anilines is 1. The molecule has 0 bridgehead atoms. The van der Waals surface area contributed by atoms with E-state index >= 15 is 0 Å². The summed E-state index contributed by atoms with van der Waals surface area (Å²) in [5.41, 5.74) is 1.56. The molecule has 100 valence electrons. The van der Waals surface area contributed by atoms with Gasteiger partial charge in [-0.15, -0.1) is 0 Å². The van der Waals surface area contributed by atoms with Crippen LogP contribution in [0.3, 0.4) is 0 Å². The molecule has 1 aromatic carbocycles. The molecule has 4 nitrogen and oxygen atoms in total. The fourth-order valence-corrected chi connectivity index (χ4v) is 1.37. The Morgan fingerprint density at radius 2 is 1.89 bits per heavy atom. The van der Waals surface area contributed by atoms with Crippen molar-refractivity contribution in [1.29, 1.82) is 0 Å². The SMILES string of the molecule is CC=CC(=O)Nc1ccc(C=CC(=O)OCC)cc1. The van der Waals surface area contributed by atoms with Gasteiger partial charge in [0.1, 0.15) is 0 Å². The first kappa shape index (κ1) is 14.7. The van der Waals surface area contributed by atoms with E-state index in [-0.39, 0.29) is 11.9 Å². The number of allylic oxidation sites excluding steroid dienone is 1. The number of benzene rings is 1. The molecule has 0 unspecified atom stereocenters. The van der Waals surface area contributed by atoms with Crippen molar-refractivity contribution in [3.63, 3.8) is 0 Å². The molecule has 0 aliphatic heterocycles. The Hall–Kier alpha value is -2.36. The summed E-state index contributed by atoms with van der Waals surface area (Å²) >= 11 is 0. The molecule has 0 fully saturated rings. The van der Waals surface area contributed by atoms with Gasteiger partial charge in [0.2, 0.25) is 5.91 Å². The molecule has 19 heavy (non-hydrogen) atoms. The van der Waals surface area contributed by atoms with Gasteiger partial charge in [0, 0.05) is 11.8 Å². The summed E-state index contributed by atoms with van der Waals surface area (Å²) < 4.78 is 4.78. The lowest BCUT2D eigenvalue weighted by molar-refractivity contribution is -0.137. The zero-order valence-corrected chi connectivity index (χ0v) is 11.1. The molecular weight excluding hydrogens is 242 g/mol. The number of ether oxygens (including phenoxy) is 1. The van der Waals surface area contributed by atoms with E-state index in [0.29, 0.717) is 12.3 Å². The molecule has 0 saturated heterocycles. The lowest BCUT2D eigenvalue weighted by Crippen LogP contribution is -2.07. The summed E-state index contributed by atoms with van der Waals surface area (Å²) in [7, 11) is 0. The number of rotatable bonds is 5. The van der Waals surface area contributed by atoms with Crippen LogP contribution in [0.4, 0.5) is 5.69 Å². The highest BCUT2D eigenvalue weighted by Gasteiger charge is 1.97. The van der Waals surface area contributed by atoms with Gasteiger partial charge < -0.3 is 10.1 Å². The number of hydrogen-bond donors (Lipinski definition) is 1. The van der Waals surface area contributed by atoms with E-state index in [4.69, 9.17) is 4.74 Å². The van der Waals surface area contributed by atoms with E-state index < -0.39 is 0 Å². The van der Waals surface area contributed by atoms with Crippen LogP contribution >= 0.6 is 0 Å². The van der Waals surface area contributed by atoms with Crippen LogP contribution in [0.15, 0.2) is 42.5 Å². The summed E-state index contributed by atoms with van der Waals surface area (Å²) in [5.74, 6) is -0.537. The highest BCUT2D eigenvalue weighted by molar-refractivity contribution is 5.99. The smallest absolute Gasteiger partial charge is 0.330 e. The lowest BCUT2D eigenvalue weighted by atomic mass is 10.2. The van der Waals surface area contributed by atoms with Gasteiger partial charge in [-0.25, -0.2) is 4.79 Å². The van der Waals surface area contributed by atoms with Crippen LogP contribution < -0.4 is 5.32 Å². The molecule has 0 aliphatic rings. The molecule has 1 N–H and O–H groups in total. The minimum Gasteiger partial charge on any atom is -0.463 e. The number of hydrogen-bond acceptors (Lipinski definition) is 3. The Kier molecular flexibility index (Phi) is 6.09. The first-order chi connectivity index (χ1) is 9.15. The third-order valence-electron chi connectivity index (χ3n) is 2.19. The second-order valence-corrected chi connectivity index (χ2v) is 3.70. The maximum atomic E-state index is 11.3. The van der Waals surface area contributed by atoms with Crippen molar-refractivity contribution < 1.29 is 14.3 Å². The molecule has 4 heteroatoms. The van der Waals surface area contributed by atoms with Gasteiger partial charge in [-0.2, -0.15) is 0 Å². The maximum absolute atomic E-state index is 11.3. The van der Waals surface area contributed by atoms with Crippen molar-refractivity contribution in [2.24, 2.45) is 0 Å². The van der Waals surface area contributed by atoms with Crippen molar-refractivity contribution >= 4 is 23.6 Å². The van der Waals surface area contributed by atoms with Gasteiger partial charge in [-0.1, -0.05) is 18.2 Å². The minimum absolute atomic E-state index is 0.169. The van der Waals surface area contributed by atoms with Gasteiger partial charge in [-0.05, 0) is 43.7 Å². The van der Waals surface area contributed by atoms with Crippen LogP contribution in [0.1, 0.15) is 19.4 Å². The zero-order valence-electron chi connectivity index (χ0n) is 11.1. The summed E-state index contributed by atoms with van der Waals surface area (Å²) in [4.78, 5) is 22.4. The number of carbonyl (C=O) groups excluding carboxylic acids is 2. The summed E-state index contributed by atoms with van der Waals surface area (Å²) in [6, 6.07) is 7.15. The van der Waals surface area contributed by atoms with Crippen LogP contribution in [-0.4, -0.2) is 18.5 Å². The minimum atomic E-state index is -0.368. The third-order valence-corrected chi connectivity index (χ3v) is 2.19. The fourth-order valence-electron chi connectivity index (χ4n) is 1.37. The Bertz CT molecular complexity index is 487. The molecule has 1 amide bonds. The normalized spacial score (nSPS) is 10.8. The number of carbonyl (C=O) groups is 2. The van der Waals surface area contributed by atoms with Gasteiger partial charge in [-0.3, -0.25) is 4.79 Å². The number of nitrogens with one attached hydrogen (secondary N) is 1. The second kappa shape index (κ2) is 7.87. The molecular formula is C15H17NO3. The van der Waals surface area contributed by atoms with Crippen LogP contribution in [0, 0.1) is 0 Å². The van der Waals surface area contributed by atoms with Crippen molar-refractivity contribution in [2.75, 3.05) is 11.9 Å². The zero-order chi connectivity index (χ0) is 14.1. The molecule has 1 rings (SSSR count). The van der Waals surface area contributed by atoms with Crippen molar-refractivity contribution in [3.8, 4) is 0 Å². The van der Waals surface area contributed by atoms with E-state index in [1.54, 1.807) is 50.3 Å².